The van der Waals surface area contributed by atoms with E-state index in [1.807, 2.05) is 4.90 Å². The Bertz CT molecular complexity index is 759. The Hall–Kier alpha value is -2.30. The average molecular weight is 387 g/mol. The minimum Gasteiger partial charge on any atom is -0.406 e. The first-order valence-electron chi connectivity index (χ1n) is 7.93. The second-order valence-electron chi connectivity index (χ2n) is 5.71. The third-order valence-electron chi connectivity index (χ3n) is 3.80. The van der Waals surface area contributed by atoms with Gasteiger partial charge in [-0.15, -0.1) is 18.3 Å². The lowest BCUT2D eigenvalue weighted by Gasteiger charge is -2.19. The van der Waals surface area contributed by atoms with E-state index >= 15 is 0 Å². The predicted octanol–water partition coefficient (Wildman–Crippen LogP) is 2.66. The van der Waals surface area contributed by atoms with E-state index in [1.165, 1.54) is 40.7 Å². The third kappa shape index (κ3) is 4.45. The Labute approximate surface area is 151 Å². The van der Waals surface area contributed by atoms with Gasteiger partial charge in [-0.05, 0) is 54.5 Å². The summed E-state index contributed by atoms with van der Waals surface area (Å²) in [6, 6.07) is 5.18. The molecule has 0 N–H and O–H groups in total. The first kappa shape index (κ1) is 18.5. The van der Waals surface area contributed by atoms with Gasteiger partial charge in [-0.25, -0.2) is 0 Å². The van der Waals surface area contributed by atoms with Gasteiger partial charge in [-0.2, -0.15) is 4.68 Å². The number of hydrogen-bond acceptors (Lipinski definition) is 6. The van der Waals surface area contributed by atoms with E-state index in [0.717, 1.165) is 25.9 Å². The molecular weight excluding hydrogens is 371 g/mol. The van der Waals surface area contributed by atoms with E-state index in [1.54, 1.807) is 6.92 Å². The quantitative estimate of drug-likeness (QED) is 0.735. The molecule has 140 valence electrons. The molecular formula is C15H16F3N5O2S. The molecule has 11 heteroatoms. The summed E-state index contributed by atoms with van der Waals surface area (Å²) in [5.41, 5.74) is 0.466. The summed E-state index contributed by atoms with van der Waals surface area (Å²) in [6.07, 6.45) is -2.73. The van der Waals surface area contributed by atoms with Gasteiger partial charge in [0.25, 0.3) is 0 Å². The number of hydrogen-bond donors (Lipinski definition) is 0. The molecule has 0 spiro atoms. The maximum Gasteiger partial charge on any atom is 0.573 e. The molecule has 0 unspecified atom stereocenters. The van der Waals surface area contributed by atoms with E-state index in [4.69, 9.17) is 0 Å². The summed E-state index contributed by atoms with van der Waals surface area (Å²) in [5, 5.41) is 11.4. The molecule has 3 rings (SSSR count). The first-order valence-corrected chi connectivity index (χ1v) is 8.81. The van der Waals surface area contributed by atoms with Crippen LogP contribution >= 0.6 is 11.8 Å². The van der Waals surface area contributed by atoms with Gasteiger partial charge in [-0.1, -0.05) is 11.8 Å². The average Bonchev–Trinajstić information content (AvgIpc) is 3.25. The fraction of sp³-hybridized carbons (Fsp3) is 0.467. The summed E-state index contributed by atoms with van der Waals surface area (Å²) in [7, 11) is 0. The van der Waals surface area contributed by atoms with Gasteiger partial charge in [0.2, 0.25) is 11.1 Å². The number of rotatable bonds is 5. The largest absolute Gasteiger partial charge is 0.573 e. The Kier molecular flexibility index (Phi) is 5.35. The number of tetrazole rings is 1. The van der Waals surface area contributed by atoms with Crippen molar-refractivity contribution in [3.63, 3.8) is 0 Å². The maximum absolute atomic E-state index is 12.4. The van der Waals surface area contributed by atoms with Gasteiger partial charge in [0.15, 0.2) is 0 Å². The lowest BCUT2D eigenvalue weighted by atomic mass is 10.3. The van der Waals surface area contributed by atoms with Crippen LogP contribution in [-0.4, -0.2) is 55.7 Å². The molecule has 1 atom stereocenters. The highest BCUT2D eigenvalue weighted by atomic mass is 32.2. The fourth-order valence-electron chi connectivity index (χ4n) is 2.61. The van der Waals surface area contributed by atoms with Crippen LogP contribution in [0, 0.1) is 0 Å². The van der Waals surface area contributed by atoms with Crippen molar-refractivity contribution in [3.05, 3.63) is 24.3 Å². The highest BCUT2D eigenvalue weighted by molar-refractivity contribution is 8.00. The van der Waals surface area contributed by atoms with Crippen molar-refractivity contribution in [3.8, 4) is 11.4 Å². The zero-order chi connectivity index (χ0) is 18.7. The summed E-state index contributed by atoms with van der Waals surface area (Å²) < 4.78 is 41.9. The molecule has 1 aliphatic rings. The number of carbonyl (C=O) groups is 1. The maximum atomic E-state index is 12.4. The van der Waals surface area contributed by atoms with Gasteiger partial charge >= 0.3 is 6.36 Å². The van der Waals surface area contributed by atoms with E-state index in [9.17, 15) is 18.0 Å². The number of alkyl halides is 3. The van der Waals surface area contributed by atoms with Crippen molar-refractivity contribution in [2.75, 3.05) is 13.1 Å². The van der Waals surface area contributed by atoms with Gasteiger partial charge in [0, 0.05) is 13.1 Å². The van der Waals surface area contributed by atoms with Gasteiger partial charge in [-0.3, -0.25) is 4.79 Å². The molecule has 0 radical (unpaired) electrons. The number of thioether (sulfide) groups is 1. The summed E-state index contributed by atoms with van der Waals surface area (Å²) in [6.45, 7) is 3.30. The van der Waals surface area contributed by atoms with Crippen LogP contribution < -0.4 is 4.74 Å². The number of carbonyl (C=O) groups excluding carboxylic acids is 1. The van der Waals surface area contributed by atoms with Crippen LogP contribution in [-0.2, 0) is 4.79 Å². The lowest BCUT2D eigenvalue weighted by Crippen LogP contribution is -2.34. The highest BCUT2D eigenvalue weighted by Crippen LogP contribution is 2.27. The van der Waals surface area contributed by atoms with Crippen LogP contribution in [0.2, 0.25) is 0 Å². The van der Waals surface area contributed by atoms with Crippen LogP contribution in [0.25, 0.3) is 5.69 Å². The Morgan fingerprint density at radius 3 is 2.50 bits per heavy atom. The number of benzene rings is 1. The number of likely N-dealkylation sites (tertiary alicyclic amines) is 1. The molecule has 7 nitrogen and oxygen atoms in total. The summed E-state index contributed by atoms with van der Waals surface area (Å²) >= 11 is 1.21. The lowest BCUT2D eigenvalue weighted by molar-refractivity contribution is -0.274. The van der Waals surface area contributed by atoms with Crippen LogP contribution in [0.4, 0.5) is 13.2 Å². The molecule has 1 aromatic heterocycles. The second kappa shape index (κ2) is 7.52. The molecule has 2 aromatic rings. The zero-order valence-corrected chi connectivity index (χ0v) is 14.6. The SMILES string of the molecule is C[C@H](Sc1nnnn1-c1ccc(OC(F)(F)F)cc1)C(=O)N1CCCC1. The second-order valence-corrected chi connectivity index (χ2v) is 7.02. The smallest absolute Gasteiger partial charge is 0.406 e. The monoisotopic (exact) mass is 387 g/mol. The third-order valence-corrected chi connectivity index (χ3v) is 4.82. The molecule has 0 bridgehead atoms. The highest BCUT2D eigenvalue weighted by Gasteiger charge is 2.31. The molecule has 1 amide bonds. The molecule has 1 aliphatic heterocycles. The number of halogens is 3. The van der Waals surface area contributed by atoms with Crippen LogP contribution in [0.15, 0.2) is 29.4 Å². The Morgan fingerprint density at radius 2 is 1.88 bits per heavy atom. The van der Waals surface area contributed by atoms with Gasteiger partial charge < -0.3 is 9.64 Å². The van der Waals surface area contributed by atoms with E-state index in [0.29, 0.717) is 10.8 Å². The van der Waals surface area contributed by atoms with Crippen LogP contribution in [0.3, 0.4) is 0 Å². The number of amides is 1. The van der Waals surface area contributed by atoms with Crippen molar-refractivity contribution >= 4 is 17.7 Å². The number of ether oxygens (including phenoxy) is 1. The molecule has 2 heterocycles. The Morgan fingerprint density at radius 1 is 1.23 bits per heavy atom. The van der Waals surface area contributed by atoms with E-state index in [-0.39, 0.29) is 16.9 Å². The first-order chi connectivity index (χ1) is 12.3. The summed E-state index contributed by atoms with van der Waals surface area (Å²) in [4.78, 5) is 14.2. The normalized spacial score (nSPS) is 15.9. The number of aromatic nitrogens is 4. The van der Waals surface area contributed by atoms with Crippen molar-refractivity contribution in [2.45, 2.75) is 36.5 Å². The van der Waals surface area contributed by atoms with Crippen molar-refractivity contribution in [1.29, 1.82) is 0 Å². The molecule has 0 saturated carbocycles. The number of nitrogens with zero attached hydrogens (tertiary/aromatic N) is 5. The van der Waals surface area contributed by atoms with Crippen LogP contribution in [0.1, 0.15) is 19.8 Å². The van der Waals surface area contributed by atoms with Crippen LogP contribution in [0.5, 0.6) is 5.75 Å². The fourth-order valence-corrected chi connectivity index (χ4v) is 3.50. The van der Waals surface area contributed by atoms with Crippen molar-refractivity contribution in [2.24, 2.45) is 0 Å². The van der Waals surface area contributed by atoms with Gasteiger partial charge in [0.1, 0.15) is 5.75 Å². The summed E-state index contributed by atoms with van der Waals surface area (Å²) in [5.74, 6) is -0.308. The zero-order valence-electron chi connectivity index (χ0n) is 13.8. The van der Waals surface area contributed by atoms with E-state index in [2.05, 4.69) is 20.3 Å². The molecule has 1 fully saturated rings. The van der Waals surface area contributed by atoms with E-state index < -0.39 is 6.36 Å². The minimum atomic E-state index is -4.75. The van der Waals surface area contributed by atoms with Gasteiger partial charge in [0.05, 0.1) is 10.9 Å². The minimum absolute atomic E-state index is 0.0241. The topological polar surface area (TPSA) is 73.1 Å². The van der Waals surface area contributed by atoms with Crippen molar-refractivity contribution in [1.82, 2.24) is 25.1 Å². The molecule has 26 heavy (non-hydrogen) atoms. The van der Waals surface area contributed by atoms with Crippen molar-refractivity contribution < 1.29 is 22.7 Å². The molecule has 0 aliphatic carbocycles. The standard InChI is InChI=1S/C15H16F3N5O2S/c1-10(13(24)22-8-2-3-9-22)26-14-19-20-21-23(14)11-4-6-12(7-5-11)25-15(16,17)18/h4-7,10H,2-3,8-9H2,1H3/t10-/m0/s1. The Balaban J connectivity index is 1.71. The molecule has 1 aromatic carbocycles. The predicted molar refractivity (Wildman–Crippen MR) is 87.0 cm³/mol. The molecule has 1 saturated heterocycles.